The lowest BCUT2D eigenvalue weighted by molar-refractivity contribution is 0.488. The lowest BCUT2D eigenvalue weighted by Gasteiger charge is -2.18. The van der Waals surface area contributed by atoms with Crippen LogP contribution in [0.25, 0.3) is 0 Å². The molecule has 4 nitrogen and oxygen atoms in total. The minimum Gasteiger partial charge on any atom is -0.303 e. The highest BCUT2D eigenvalue weighted by molar-refractivity contribution is 5.32. The molecule has 0 aliphatic carbocycles. The maximum absolute atomic E-state index is 14.2. The third-order valence-electron chi connectivity index (χ3n) is 2.91. The van der Waals surface area contributed by atoms with Gasteiger partial charge in [-0.2, -0.15) is 5.10 Å². The summed E-state index contributed by atoms with van der Waals surface area (Å²) in [7, 11) is 0. The van der Waals surface area contributed by atoms with Gasteiger partial charge in [-0.25, -0.2) is 13.8 Å². The number of hydrogen-bond donors (Lipinski definition) is 2. The number of aryl methyl sites for hydroxylation is 1. The van der Waals surface area contributed by atoms with Crippen LogP contribution in [0, 0.1) is 18.6 Å². The minimum atomic E-state index is -0.664. The molecule has 19 heavy (non-hydrogen) atoms. The van der Waals surface area contributed by atoms with Crippen LogP contribution in [0.15, 0.2) is 18.5 Å². The first-order valence-corrected chi connectivity index (χ1v) is 6.18. The Balaban J connectivity index is 2.46. The molecule has 0 bridgehead atoms. The first-order valence-electron chi connectivity index (χ1n) is 6.18. The van der Waals surface area contributed by atoms with Gasteiger partial charge in [0.25, 0.3) is 0 Å². The summed E-state index contributed by atoms with van der Waals surface area (Å²) in [5.74, 6) is -0.741. The van der Waals surface area contributed by atoms with Gasteiger partial charge in [0.2, 0.25) is 0 Å². The van der Waals surface area contributed by atoms with E-state index in [4.69, 9.17) is 0 Å². The molecule has 102 valence electrons. The zero-order valence-electron chi connectivity index (χ0n) is 10.9. The highest BCUT2D eigenvalue weighted by Crippen LogP contribution is 2.26. The van der Waals surface area contributed by atoms with Crippen LogP contribution in [0.2, 0.25) is 0 Å². The Hall–Kier alpha value is -1.82. The van der Waals surface area contributed by atoms with E-state index >= 15 is 0 Å². The molecule has 6 heteroatoms. The molecule has 0 amide bonds. The summed E-state index contributed by atoms with van der Waals surface area (Å²) in [5, 5.41) is 9.48. The molecule has 2 N–H and O–H groups in total. The van der Waals surface area contributed by atoms with Crippen molar-refractivity contribution in [3.05, 3.63) is 47.0 Å². The van der Waals surface area contributed by atoms with Crippen molar-refractivity contribution >= 4 is 0 Å². The second-order valence-electron chi connectivity index (χ2n) is 4.35. The molecule has 0 saturated heterocycles. The van der Waals surface area contributed by atoms with Crippen molar-refractivity contribution in [3.8, 4) is 0 Å². The summed E-state index contributed by atoms with van der Waals surface area (Å²) < 4.78 is 28.1. The number of aromatic nitrogens is 3. The number of halogens is 2. The van der Waals surface area contributed by atoms with Crippen molar-refractivity contribution in [1.82, 2.24) is 20.5 Å². The third kappa shape index (κ3) is 2.78. The van der Waals surface area contributed by atoms with Gasteiger partial charge in [-0.05, 0) is 31.5 Å². The van der Waals surface area contributed by atoms with E-state index in [2.05, 4.69) is 20.5 Å². The number of H-pyrrole nitrogens is 1. The van der Waals surface area contributed by atoms with Gasteiger partial charge in [0.15, 0.2) is 0 Å². The van der Waals surface area contributed by atoms with Crippen LogP contribution in [0.5, 0.6) is 0 Å². The number of hydrogen-bond acceptors (Lipinski definition) is 3. The Morgan fingerprint density at radius 3 is 2.79 bits per heavy atom. The second kappa shape index (κ2) is 5.88. The average Bonchev–Trinajstić information content (AvgIpc) is 2.92. The van der Waals surface area contributed by atoms with Crippen LogP contribution in [0.4, 0.5) is 8.78 Å². The van der Waals surface area contributed by atoms with E-state index in [1.807, 2.05) is 6.92 Å². The second-order valence-corrected chi connectivity index (χ2v) is 4.35. The van der Waals surface area contributed by atoms with Crippen LogP contribution in [-0.2, 0) is 0 Å². The lowest BCUT2D eigenvalue weighted by atomic mass is 10.0. The number of rotatable bonds is 5. The molecule has 1 heterocycles. The zero-order chi connectivity index (χ0) is 13.8. The van der Waals surface area contributed by atoms with E-state index in [0.717, 1.165) is 6.42 Å². The summed E-state index contributed by atoms with van der Waals surface area (Å²) in [6.45, 7) is 4.21. The SMILES string of the molecule is CCCNC(c1ncn[nH]1)c1c(F)ccc(C)c1F. The third-order valence-corrected chi connectivity index (χ3v) is 2.91. The number of benzene rings is 1. The van der Waals surface area contributed by atoms with Gasteiger partial charge in [0, 0.05) is 5.56 Å². The van der Waals surface area contributed by atoms with Crippen molar-refractivity contribution in [2.24, 2.45) is 0 Å². The summed E-state index contributed by atoms with van der Waals surface area (Å²) in [6.07, 6.45) is 2.17. The van der Waals surface area contributed by atoms with Crippen molar-refractivity contribution in [2.45, 2.75) is 26.3 Å². The fraction of sp³-hybridized carbons (Fsp3) is 0.385. The molecule has 1 aromatic heterocycles. The molecule has 1 atom stereocenters. The fourth-order valence-electron chi connectivity index (χ4n) is 1.92. The summed E-state index contributed by atoms with van der Waals surface area (Å²) >= 11 is 0. The van der Waals surface area contributed by atoms with E-state index in [0.29, 0.717) is 17.9 Å². The number of aromatic amines is 1. The highest BCUT2D eigenvalue weighted by atomic mass is 19.1. The predicted molar refractivity (Wildman–Crippen MR) is 67.6 cm³/mol. The Labute approximate surface area is 110 Å². The van der Waals surface area contributed by atoms with Crippen molar-refractivity contribution in [3.63, 3.8) is 0 Å². The standard InChI is InChI=1S/C13H16F2N4/c1-3-6-16-12(13-17-7-18-19-13)10-9(14)5-4-8(2)11(10)15/h4-5,7,12,16H,3,6H2,1-2H3,(H,17,18,19). The molecule has 2 rings (SSSR count). The maximum atomic E-state index is 14.2. The largest absolute Gasteiger partial charge is 0.303 e. The van der Waals surface area contributed by atoms with Crippen LogP contribution < -0.4 is 5.32 Å². The summed E-state index contributed by atoms with van der Waals surface area (Å²) in [5.41, 5.74) is 0.379. The van der Waals surface area contributed by atoms with E-state index in [9.17, 15) is 8.78 Å². The van der Waals surface area contributed by atoms with Crippen molar-refractivity contribution < 1.29 is 8.78 Å². The minimum absolute atomic E-state index is 0.0230. The van der Waals surface area contributed by atoms with E-state index in [-0.39, 0.29) is 5.56 Å². The summed E-state index contributed by atoms with van der Waals surface area (Å²) in [6, 6.07) is 2.03. The molecular formula is C13H16F2N4. The zero-order valence-corrected chi connectivity index (χ0v) is 10.9. The number of nitrogens with zero attached hydrogens (tertiary/aromatic N) is 2. The van der Waals surface area contributed by atoms with Gasteiger partial charge in [-0.15, -0.1) is 0 Å². The smallest absolute Gasteiger partial charge is 0.146 e. The molecule has 0 fully saturated rings. The molecule has 0 spiro atoms. The molecule has 0 aliphatic heterocycles. The first kappa shape index (κ1) is 13.6. The Morgan fingerprint density at radius 2 is 2.16 bits per heavy atom. The molecule has 0 aliphatic rings. The Morgan fingerprint density at radius 1 is 1.37 bits per heavy atom. The fourth-order valence-corrected chi connectivity index (χ4v) is 1.92. The van der Waals surface area contributed by atoms with Gasteiger partial charge in [-0.1, -0.05) is 13.0 Å². The lowest BCUT2D eigenvalue weighted by Crippen LogP contribution is -2.26. The first-order chi connectivity index (χ1) is 9.15. The van der Waals surface area contributed by atoms with Crippen molar-refractivity contribution in [1.29, 1.82) is 0 Å². The Kier molecular flexibility index (Phi) is 4.21. The van der Waals surface area contributed by atoms with Gasteiger partial charge in [0.1, 0.15) is 23.8 Å². The van der Waals surface area contributed by atoms with E-state index < -0.39 is 17.7 Å². The van der Waals surface area contributed by atoms with Gasteiger partial charge < -0.3 is 5.32 Å². The van der Waals surface area contributed by atoms with E-state index in [1.54, 1.807) is 6.92 Å². The number of nitrogens with one attached hydrogen (secondary N) is 2. The van der Waals surface area contributed by atoms with Crippen molar-refractivity contribution in [2.75, 3.05) is 6.54 Å². The molecule has 0 saturated carbocycles. The summed E-state index contributed by atoms with van der Waals surface area (Å²) in [4.78, 5) is 4.00. The molecule has 1 aromatic carbocycles. The highest BCUT2D eigenvalue weighted by Gasteiger charge is 2.24. The topological polar surface area (TPSA) is 53.6 Å². The molecular weight excluding hydrogens is 250 g/mol. The quantitative estimate of drug-likeness (QED) is 0.874. The van der Waals surface area contributed by atoms with E-state index in [1.165, 1.54) is 18.5 Å². The monoisotopic (exact) mass is 266 g/mol. The predicted octanol–water partition coefficient (Wildman–Crippen LogP) is 2.48. The van der Waals surface area contributed by atoms with Gasteiger partial charge >= 0.3 is 0 Å². The van der Waals surface area contributed by atoms with Crippen LogP contribution >= 0.6 is 0 Å². The normalized spacial score (nSPS) is 12.6. The Bertz CT molecular complexity index is 540. The molecule has 2 aromatic rings. The molecule has 0 radical (unpaired) electrons. The van der Waals surface area contributed by atoms with Gasteiger partial charge in [-0.3, -0.25) is 5.10 Å². The maximum Gasteiger partial charge on any atom is 0.146 e. The van der Waals surface area contributed by atoms with Crippen LogP contribution in [-0.4, -0.2) is 21.7 Å². The average molecular weight is 266 g/mol. The van der Waals surface area contributed by atoms with Crippen LogP contribution in [0.3, 0.4) is 0 Å². The van der Waals surface area contributed by atoms with Gasteiger partial charge in [0.05, 0.1) is 6.04 Å². The molecule has 1 unspecified atom stereocenters. The van der Waals surface area contributed by atoms with Crippen LogP contribution in [0.1, 0.15) is 36.3 Å².